The number of hydrogen-bond donors (Lipinski definition) is 12. The van der Waals surface area contributed by atoms with Gasteiger partial charge in [-0.15, -0.1) is 0 Å². The van der Waals surface area contributed by atoms with Crippen molar-refractivity contribution in [2.24, 2.45) is 0 Å². The van der Waals surface area contributed by atoms with Crippen LogP contribution in [0.25, 0.3) is 0 Å². The molecule has 3 heterocycles. The number of rotatable bonds is 41. The second kappa shape index (κ2) is 40.2. The molecule has 0 aromatic rings. The van der Waals surface area contributed by atoms with Crippen molar-refractivity contribution in [3.63, 3.8) is 0 Å². The summed E-state index contributed by atoms with van der Waals surface area (Å²) in [5, 5.41) is 120. The molecule has 17 unspecified atom stereocenters. The molecule has 17 atom stereocenters. The molecular weight excluding hydrogens is 975 g/mol. The molecule has 1 amide bonds. The summed E-state index contributed by atoms with van der Waals surface area (Å²) >= 11 is 0. The Morgan fingerprint density at radius 1 is 0.467 bits per heavy atom. The maximum Gasteiger partial charge on any atom is 0.220 e. The standard InChI is InChI=1S/C56H101NO18/c1-3-5-7-9-11-13-15-17-19-20-22-24-26-28-30-32-34-44(62)57-39(40(61)33-31-29-27-25-23-21-18-16-14-12-10-8-6-4-2)38-70-54-50(68)47(65)52(42(36-59)72-54)75-56-51(69)48(66)53(43(37-60)73-56)74-55-49(67)46(64)45(63)41(35-58)71-55/h14,16,23,25,31,33,39-43,45-56,58-61,63-69H,3-13,15,17-22,24,26-30,32,34-38H2,1-2H3,(H,57,62)/b16-14+,25-23+,33-31+. The van der Waals surface area contributed by atoms with Crippen LogP contribution < -0.4 is 5.32 Å². The maximum atomic E-state index is 13.3. The van der Waals surface area contributed by atoms with Crippen LogP contribution in [0.2, 0.25) is 0 Å². The summed E-state index contributed by atoms with van der Waals surface area (Å²) in [6, 6.07) is -0.991. The van der Waals surface area contributed by atoms with E-state index in [1.54, 1.807) is 6.08 Å². The molecule has 0 spiro atoms. The lowest BCUT2D eigenvalue weighted by molar-refractivity contribution is -0.379. The molecule has 75 heavy (non-hydrogen) atoms. The van der Waals surface area contributed by atoms with Gasteiger partial charge < -0.3 is 89.9 Å². The predicted molar refractivity (Wildman–Crippen MR) is 282 cm³/mol. The van der Waals surface area contributed by atoms with E-state index in [4.69, 9.17) is 28.4 Å². The zero-order chi connectivity index (χ0) is 54.8. The fourth-order valence-corrected chi connectivity index (χ4v) is 9.63. The third-order valence-corrected chi connectivity index (χ3v) is 14.4. The molecule has 0 saturated carbocycles. The average Bonchev–Trinajstić information content (AvgIpc) is 3.41. The van der Waals surface area contributed by atoms with Crippen molar-refractivity contribution in [2.75, 3.05) is 26.4 Å². The molecule has 0 radical (unpaired) electrons. The van der Waals surface area contributed by atoms with E-state index in [0.29, 0.717) is 12.8 Å². The quantitative estimate of drug-likeness (QED) is 0.0302. The van der Waals surface area contributed by atoms with E-state index in [9.17, 15) is 61.0 Å². The van der Waals surface area contributed by atoms with Gasteiger partial charge in [0.1, 0.15) is 73.2 Å². The summed E-state index contributed by atoms with van der Waals surface area (Å²) < 4.78 is 34.2. The van der Waals surface area contributed by atoms with Crippen LogP contribution in [-0.2, 0) is 33.2 Å². The summed E-state index contributed by atoms with van der Waals surface area (Å²) in [6.45, 7) is 1.66. The molecular formula is C56H101NO18. The molecule has 0 bridgehead atoms. The normalized spacial score (nSPS) is 31.5. The van der Waals surface area contributed by atoms with Crippen molar-refractivity contribution in [1.82, 2.24) is 5.32 Å². The zero-order valence-corrected chi connectivity index (χ0v) is 45.3. The number of unbranched alkanes of at least 4 members (excludes halogenated alkanes) is 21. The highest BCUT2D eigenvalue weighted by molar-refractivity contribution is 5.76. The monoisotopic (exact) mass is 1080 g/mol. The summed E-state index contributed by atoms with van der Waals surface area (Å²) in [5.74, 6) is -0.290. The largest absolute Gasteiger partial charge is 0.394 e. The smallest absolute Gasteiger partial charge is 0.220 e. The number of allylic oxidation sites excluding steroid dienone is 5. The molecule has 3 fully saturated rings. The van der Waals surface area contributed by atoms with Crippen molar-refractivity contribution < 1.29 is 89.4 Å². The van der Waals surface area contributed by atoms with Crippen molar-refractivity contribution in [2.45, 2.75) is 285 Å². The first-order valence-corrected chi connectivity index (χ1v) is 28.7. The van der Waals surface area contributed by atoms with E-state index >= 15 is 0 Å². The van der Waals surface area contributed by atoms with Crippen LogP contribution in [0, 0.1) is 0 Å². The first kappa shape index (κ1) is 67.3. The lowest BCUT2D eigenvalue weighted by Gasteiger charge is -2.48. The van der Waals surface area contributed by atoms with Crippen LogP contribution in [0.5, 0.6) is 0 Å². The molecule has 0 aromatic heterocycles. The fraction of sp³-hybridized carbons (Fsp3) is 0.875. The Hall–Kier alpha value is -1.99. The van der Waals surface area contributed by atoms with Crippen LogP contribution in [0.1, 0.15) is 181 Å². The lowest BCUT2D eigenvalue weighted by atomic mass is 9.96. The number of nitrogens with one attached hydrogen (secondary N) is 1. The van der Waals surface area contributed by atoms with Gasteiger partial charge in [-0.2, -0.15) is 0 Å². The van der Waals surface area contributed by atoms with Crippen LogP contribution in [0.15, 0.2) is 36.5 Å². The lowest BCUT2D eigenvalue weighted by Crippen LogP contribution is -2.66. The molecule has 3 aliphatic heterocycles. The van der Waals surface area contributed by atoms with Gasteiger partial charge in [-0.1, -0.05) is 166 Å². The maximum absolute atomic E-state index is 13.3. The Kier molecular flexibility index (Phi) is 36.1. The molecule has 0 aliphatic carbocycles. The number of carbonyl (C=O) groups excluding carboxylic acids is 1. The van der Waals surface area contributed by atoms with Crippen LogP contribution in [0.4, 0.5) is 0 Å². The van der Waals surface area contributed by atoms with Crippen molar-refractivity contribution in [3.8, 4) is 0 Å². The van der Waals surface area contributed by atoms with Crippen molar-refractivity contribution in [1.29, 1.82) is 0 Å². The Bertz CT molecular complexity index is 1520. The Balaban J connectivity index is 1.54. The van der Waals surface area contributed by atoms with E-state index in [2.05, 4.69) is 43.5 Å². The summed E-state index contributed by atoms with van der Waals surface area (Å²) in [5.41, 5.74) is 0. The van der Waals surface area contributed by atoms with Crippen molar-refractivity contribution in [3.05, 3.63) is 36.5 Å². The summed E-state index contributed by atoms with van der Waals surface area (Å²) in [7, 11) is 0. The number of aliphatic hydroxyl groups is 11. The first-order valence-electron chi connectivity index (χ1n) is 28.7. The van der Waals surface area contributed by atoms with Gasteiger partial charge in [0, 0.05) is 6.42 Å². The number of aliphatic hydroxyl groups excluding tert-OH is 11. The molecule has 0 aromatic carbocycles. The molecule has 12 N–H and O–H groups in total. The first-order chi connectivity index (χ1) is 36.3. The fourth-order valence-electron chi connectivity index (χ4n) is 9.63. The minimum atomic E-state index is -1.98. The van der Waals surface area contributed by atoms with Gasteiger partial charge in [0.05, 0.1) is 38.6 Å². The molecule has 3 saturated heterocycles. The molecule has 438 valence electrons. The Morgan fingerprint density at radius 3 is 1.33 bits per heavy atom. The van der Waals surface area contributed by atoms with Gasteiger partial charge in [0.15, 0.2) is 18.9 Å². The van der Waals surface area contributed by atoms with Gasteiger partial charge in [0.2, 0.25) is 5.91 Å². The Morgan fingerprint density at radius 2 is 0.853 bits per heavy atom. The second-order valence-electron chi connectivity index (χ2n) is 20.7. The van der Waals surface area contributed by atoms with E-state index in [0.717, 1.165) is 44.9 Å². The highest BCUT2D eigenvalue weighted by Crippen LogP contribution is 2.33. The topological polar surface area (TPSA) is 307 Å². The van der Waals surface area contributed by atoms with E-state index in [1.807, 2.05) is 6.08 Å². The number of hydrogen-bond acceptors (Lipinski definition) is 18. The minimum Gasteiger partial charge on any atom is -0.394 e. The zero-order valence-electron chi connectivity index (χ0n) is 45.3. The molecule has 3 rings (SSSR count). The van der Waals surface area contributed by atoms with E-state index in [-0.39, 0.29) is 18.9 Å². The third-order valence-electron chi connectivity index (χ3n) is 14.4. The average molecular weight is 1080 g/mol. The predicted octanol–water partition coefficient (Wildman–Crippen LogP) is 4.15. The van der Waals surface area contributed by atoms with Crippen LogP contribution >= 0.6 is 0 Å². The molecule has 19 heteroatoms. The molecule has 19 nitrogen and oxygen atoms in total. The number of amides is 1. The van der Waals surface area contributed by atoms with E-state index < -0.39 is 124 Å². The van der Waals surface area contributed by atoms with Crippen LogP contribution in [-0.4, -0.2) is 193 Å². The van der Waals surface area contributed by atoms with Gasteiger partial charge in [-0.05, 0) is 44.9 Å². The highest BCUT2D eigenvalue weighted by Gasteiger charge is 2.53. The van der Waals surface area contributed by atoms with Gasteiger partial charge in [-0.25, -0.2) is 0 Å². The van der Waals surface area contributed by atoms with Crippen LogP contribution in [0.3, 0.4) is 0 Å². The highest BCUT2D eigenvalue weighted by atomic mass is 16.8. The van der Waals surface area contributed by atoms with Gasteiger partial charge in [0.25, 0.3) is 0 Å². The van der Waals surface area contributed by atoms with Gasteiger partial charge >= 0.3 is 0 Å². The SMILES string of the molecule is CCCCCC/C=C/CC/C=C/CC/C=C/C(O)C(COC1OC(CO)C(OC2OC(CO)C(OC3OC(CO)C(O)C(O)C3O)C(O)C2O)C(O)C1O)NC(=O)CCCCCCCCCCCCCCCCCC. The summed E-state index contributed by atoms with van der Waals surface area (Å²) in [4.78, 5) is 13.3. The van der Waals surface area contributed by atoms with E-state index in [1.165, 1.54) is 103 Å². The Labute approximate surface area is 447 Å². The van der Waals surface area contributed by atoms with Gasteiger partial charge in [-0.3, -0.25) is 4.79 Å². The molecule has 3 aliphatic rings. The minimum absolute atomic E-state index is 0.235. The number of carbonyl (C=O) groups is 1. The number of ether oxygens (including phenoxy) is 6. The summed E-state index contributed by atoms with van der Waals surface area (Å²) in [6.07, 6.45) is 14.2. The van der Waals surface area contributed by atoms with Crippen molar-refractivity contribution >= 4 is 5.91 Å². The second-order valence-corrected chi connectivity index (χ2v) is 20.7. The third kappa shape index (κ3) is 24.9.